The maximum absolute atomic E-state index is 15.2. The topological polar surface area (TPSA) is 9.23 Å². The normalized spacial score (nSPS) is 21.9. The molecule has 4 heteroatoms. The van der Waals surface area contributed by atoms with Gasteiger partial charge in [0.25, 0.3) is 0 Å². The van der Waals surface area contributed by atoms with E-state index in [0.717, 1.165) is 36.2 Å². The van der Waals surface area contributed by atoms with Crippen molar-refractivity contribution in [1.29, 1.82) is 0 Å². The van der Waals surface area contributed by atoms with Crippen LogP contribution in [-0.2, 0) is 0 Å². The zero-order chi connectivity index (χ0) is 26.6. The van der Waals surface area contributed by atoms with Crippen LogP contribution in [0.4, 0.5) is 13.2 Å². The van der Waals surface area contributed by atoms with Crippen LogP contribution >= 0.6 is 0 Å². The molecule has 3 aromatic rings. The van der Waals surface area contributed by atoms with Crippen molar-refractivity contribution in [2.24, 2.45) is 17.8 Å². The third-order valence-corrected chi connectivity index (χ3v) is 8.51. The molecule has 38 heavy (non-hydrogen) atoms. The van der Waals surface area contributed by atoms with Crippen molar-refractivity contribution in [2.75, 3.05) is 7.11 Å². The van der Waals surface area contributed by atoms with Crippen LogP contribution in [0.1, 0.15) is 57.4 Å². The van der Waals surface area contributed by atoms with E-state index in [2.05, 4.69) is 25.2 Å². The second-order valence-electron chi connectivity index (χ2n) is 10.7. The summed E-state index contributed by atoms with van der Waals surface area (Å²) in [6.45, 7) is 2.11. The van der Waals surface area contributed by atoms with Gasteiger partial charge in [0, 0.05) is 11.1 Å². The van der Waals surface area contributed by atoms with Crippen LogP contribution in [0.2, 0.25) is 0 Å². The minimum atomic E-state index is -1.02. The Balaban J connectivity index is 1.26. The van der Waals surface area contributed by atoms with Gasteiger partial charge in [-0.2, -0.15) is 4.39 Å². The zero-order valence-electron chi connectivity index (χ0n) is 22.2. The number of rotatable bonds is 6. The molecule has 0 radical (unpaired) electrons. The molecule has 1 unspecified atom stereocenters. The minimum absolute atomic E-state index is 0.138. The molecule has 2 aliphatic rings. The van der Waals surface area contributed by atoms with Crippen LogP contribution in [0.25, 0.3) is 27.8 Å². The third kappa shape index (κ3) is 5.45. The summed E-state index contributed by atoms with van der Waals surface area (Å²) in [5.41, 5.74) is 4.03. The van der Waals surface area contributed by atoms with Gasteiger partial charge in [-0.25, -0.2) is 8.78 Å². The molecule has 2 aliphatic carbocycles. The van der Waals surface area contributed by atoms with Crippen molar-refractivity contribution in [1.82, 2.24) is 0 Å². The Morgan fingerprint density at radius 2 is 1.39 bits per heavy atom. The van der Waals surface area contributed by atoms with Crippen LogP contribution in [0.5, 0.6) is 5.75 Å². The molecule has 0 aromatic heterocycles. The molecule has 5 rings (SSSR count). The lowest BCUT2D eigenvalue weighted by molar-refractivity contribution is 0.212. The van der Waals surface area contributed by atoms with Gasteiger partial charge in [-0.05, 0) is 110 Å². The van der Waals surface area contributed by atoms with Gasteiger partial charge in [0.05, 0.1) is 7.11 Å². The average Bonchev–Trinajstić information content (AvgIpc) is 2.95. The van der Waals surface area contributed by atoms with Gasteiger partial charge in [-0.15, -0.1) is 0 Å². The summed E-state index contributed by atoms with van der Waals surface area (Å²) in [6, 6.07) is 15.2. The first kappa shape index (κ1) is 26.3. The Bertz CT molecular complexity index is 1330. The van der Waals surface area contributed by atoms with Gasteiger partial charge >= 0.3 is 0 Å². The lowest BCUT2D eigenvalue weighted by Crippen LogP contribution is -2.22. The maximum Gasteiger partial charge on any atom is 0.201 e. The fraction of sp³-hybridized carbons (Fsp3) is 0.353. The van der Waals surface area contributed by atoms with Crippen molar-refractivity contribution >= 4 is 5.57 Å². The Labute approximate surface area is 224 Å². The van der Waals surface area contributed by atoms with Crippen molar-refractivity contribution in [3.8, 4) is 28.0 Å². The number of halogens is 3. The van der Waals surface area contributed by atoms with Gasteiger partial charge in [-0.3, -0.25) is 0 Å². The molecule has 1 saturated carbocycles. The number of hydrogen-bond acceptors (Lipinski definition) is 1. The van der Waals surface area contributed by atoms with E-state index in [1.807, 2.05) is 12.1 Å². The molecule has 0 saturated heterocycles. The number of methoxy groups -OCH3 is 1. The first-order valence-electron chi connectivity index (χ1n) is 13.7. The molecule has 0 bridgehead atoms. The van der Waals surface area contributed by atoms with E-state index in [1.54, 1.807) is 30.3 Å². The third-order valence-electron chi connectivity index (χ3n) is 8.51. The highest BCUT2D eigenvalue weighted by Gasteiger charge is 2.28. The molecule has 0 aliphatic heterocycles. The summed E-state index contributed by atoms with van der Waals surface area (Å²) in [6.07, 6.45) is 15.4. The van der Waals surface area contributed by atoms with E-state index in [9.17, 15) is 8.78 Å². The van der Waals surface area contributed by atoms with Crippen molar-refractivity contribution < 1.29 is 17.9 Å². The summed E-state index contributed by atoms with van der Waals surface area (Å²) in [5.74, 6) is -0.0673. The van der Waals surface area contributed by atoms with Crippen LogP contribution in [0, 0.1) is 35.2 Å². The molecular weight excluding hydrogens is 481 g/mol. The molecule has 1 fully saturated rings. The second kappa shape index (κ2) is 11.6. The van der Waals surface area contributed by atoms with Gasteiger partial charge in [0.15, 0.2) is 11.6 Å². The number of ether oxygens (including phenoxy) is 1. The highest BCUT2D eigenvalue weighted by molar-refractivity contribution is 5.74. The average molecular weight is 517 g/mol. The molecule has 198 valence electrons. The van der Waals surface area contributed by atoms with E-state index in [0.29, 0.717) is 16.7 Å². The Morgan fingerprint density at radius 3 is 2.00 bits per heavy atom. The van der Waals surface area contributed by atoms with Crippen LogP contribution in [0.15, 0.2) is 72.8 Å². The Hall–Kier alpha value is -3.27. The highest BCUT2D eigenvalue weighted by Crippen LogP contribution is 2.42. The summed E-state index contributed by atoms with van der Waals surface area (Å²) < 4.78 is 48.7. The van der Waals surface area contributed by atoms with Crippen molar-refractivity contribution in [2.45, 2.75) is 51.9 Å². The number of allylic oxidation sites excluding steroid dienone is 4. The molecule has 3 aromatic carbocycles. The Kier molecular flexibility index (Phi) is 8.06. The zero-order valence-corrected chi connectivity index (χ0v) is 22.2. The molecule has 0 N–H and O–H groups in total. The van der Waals surface area contributed by atoms with Crippen molar-refractivity contribution in [3.05, 3.63) is 95.8 Å². The van der Waals surface area contributed by atoms with Crippen LogP contribution in [0.3, 0.4) is 0 Å². The molecular formula is C34H35F3O. The fourth-order valence-electron chi connectivity index (χ4n) is 6.32. The molecule has 0 heterocycles. The van der Waals surface area contributed by atoms with E-state index < -0.39 is 11.6 Å². The van der Waals surface area contributed by atoms with Gasteiger partial charge in [-0.1, -0.05) is 54.6 Å². The quantitative estimate of drug-likeness (QED) is 0.296. The van der Waals surface area contributed by atoms with Gasteiger partial charge in [0.1, 0.15) is 5.82 Å². The molecule has 0 amide bonds. The van der Waals surface area contributed by atoms with E-state index in [-0.39, 0.29) is 17.1 Å². The van der Waals surface area contributed by atoms with E-state index >= 15 is 4.39 Å². The molecule has 1 nitrogen and oxygen atoms in total. The predicted octanol–water partition coefficient (Wildman–Crippen LogP) is 10.0. The Morgan fingerprint density at radius 1 is 0.737 bits per heavy atom. The summed E-state index contributed by atoms with van der Waals surface area (Å²) in [5, 5.41) is 0. The smallest absolute Gasteiger partial charge is 0.201 e. The largest absolute Gasteiger partial charge is 0.494 e. The van der Waals surface area contributed by atoms with Crippen LogP contribution < -0.4 is 4.74 Å². The second-order valence-corrected chi connectivity index (χ2v) is 10.7. The van der Waals surface area contributed by atoms with Crippen molar-refractivity contribution in [3.63, 3.8) is 0 Å². The minimum Gasteiger partial charge on any atom is -0.494 e. The first-order chi connectivity index (χ1) is 18.5. The number of hydrogen-bond donors (Lipinski definition) is 0. The van der Waals surface area contributed by atoms with Gasteiger partial charge in [0.2, 0.25) is 5.82 Å². The summed E-state index contributed by atoms with van der Waals surface area (Å²) in [7, 11) is 1.30. The monoisotopic (exact) mass is 516 g/mol. The predicted molar refractivity (Wildman–Crippen MR) is 149 cm³/mol. The lowest BCUT2D eigenvalue weighted by atomic mass is 9.71. The molecule has 1 atom stereocenters. The molecule has 0 spiro atoms. The lowest BCUT2D eigenvalue weighted by Gasteiger charge is -2.34. The maximum atomic E-state index is 15.2. The SMILES string of the molecule is CC=CC1CCC(C2CC=C(c3ccc(-c4ccc(-c5ccc(OC)c(F)c5F)cc4)c(F)c3)CC2)CC1. The highest BCUT2D eigenvalue weighted by atomic mass is 19.2. The fourth-order valence-corrected chi connectivity index (χ4v) is 6.32. The van der Waals surface area contributed by atoms with Crippen LogP contribution in [-0.4, -0.2) is 7.11 Å². The summed E-state index contributed by atoms with van der Waals surface area (Å²) in [4.78, 5) is 0. The van der Waals surface area contributed by atoms with E-state index in [1.165, 1.54) is 56.9 Å². The van der Waals surface area contributed by atoms with Gasteiger partial charge < -0.3 is 4.74 Å². The summed E-state index contributed by atoms with van der Waals surface area (Å²) >= 11 is 0. The first-order valence-corrected chi connectivity index (χ1v) is 13.7. The van der Waals surface area contributed by atoms with E-state index in [4.69, 9.17) is 4.74 Å². The standard InChI is InChI=1S/C34H35F3O/c1-3-4-22-5-7-23(8-6-22)24-9-11-25(12-10-24)28-17-18-29(31(35)21-28)26-13-15-27(16-14-26)30-19-20-32(38-2)34(37)33(30)36/h3-4,11,13-24H,5-10,12H2,1-2H3. The number of benzene rings is 3.